The molecule has 0 unspecified atom stereocenters. The van der Waals surface area contributed by atoms with Crippen molar-refractivity contribution in [2.45, 2.75) is 39.5 Å². The van der Waals surface area contributed by atoms with Crippen LogP contribution in [0.3, 0.4) is 0 Å². The van der Waals surface area contributed by atoms with Crippen LogP contribution in [0.2, 0.25) is 0 Å². The van der Waals surface area contributed by atoms with Crippen molar-refractivity contribution in [1.29, 1.82) is 0 Å². The number of methoxy groups -OCH3 is 1. The molecule has 1 aromatic carbocycles. The van der Waals surface area contributed by atoms with Gasteiger partial charge in [0.1, 0.15) is 0 Å². The highest BCUT2D eigenvalue weighted by Gasteiger charge is 2.14. The second-order valence-electron chi connectivity index (χ2n) is 5.47. The van der Waals surface area contributed by atoms with Crippen LogP contribution < -0.4 is 0 Å². The quantitative estimate of drug-likeness (QED) is 0.609. The van der Waals surface area contributed by atoms with Crippen LogP contribution in [0.15, 0.2) is 24.3 Å². The van der Waals surface area contributed by atoms with Gasteiger partial charge in [-0.2, -0.15) is 0 Å². The lowest BCUT2D eigenvalue weighted by Gasteiger charge is -2.19. The third-order valence-electron chi connectivity index (χ3n) is 3.78. The summed E-state index contributed by atoms with van der Waals surface area (Å²) in [6.45, 7) is 4.21. The number of esters is 1. The van der Waals surface area contributed by atoms with Gasteiger partial charge in [-0.15, -0.1) is 0 Å². The predicted molar refractivity (Wildman–Crippen MR) is 77.9 cm³/mol. The maximum absolute atomic E-state index is 11.5. The maximum Gasteiger partial charge on any atom is 0.330 e. The van der Waals surface area contributed by atoms with Crippen molar-refractivity contribution in [2.75, 3.05) is 7.11 Å². The van der Waals surface area contributed by atoms with Gasteiger partial charge in [0.05, 0.1) is 7.11 Å². The second-order valence-corrected chi connectivity index (χ2v) is 5.47. The zero-order valence-corrected chi connectivity index (χ0v) is 12.0. The molecule has 0 N–H and O–H groups in total. The first-order valence-corrected chi connectivity index (χ1v) is 7.03. The van der Waals surface area contributed by atoms with Crippen molar-refractivity contribution >= 4 is 11.5 Å². The Balaban J connectivity index is 2.37. The molecule has 1 aliphatic carbocycles. The monoisotopic (exact) mass is 258 g/mol. The fourth-order valence-electron chi connectivity index (χ4n) is 2.68. The van der Waals surface area contributed by atoms with Crippen LogP contribution in [0.1, 0.15) is 43.4 Å². The van der Waals surface area contributed by atoms with Gasteiger partial charge < -0.3 is 4.74 Å². The second kappa shape index (κ2) is 6.05. The van der Waals surface area contributed by atoms with Gasteiger partial charge in [-0.1, -0.05) is 32.0 Å². The molecule has 0 saturated carbocycles. The van der Waals surface area contributed by atoms with E-state index in [2.05, 4.69) is 32.0 Å². The fraction of sp³-hybridized carbons (Fsp3) is 0.471. The number of fused-ring (bicyclic) bond motifs is 1. The van der Waals surface area contributed by atoms with E-state index in [0.29, 0.717) is 5.92 Å². The number of aryl methyl sites for hydroxylation is 2. The van der Waals surface area contributed by atoms with Gasteiger partial charge in [-0.05, 0) is 53.9 Å². The van der Waals surface area contributed by atoms with Crippen molar-refractivity contribution in [2.24, 2.45) is 5.92 Å². The molecule has 0 radical (unpaired) electrons. The van der Waals surface area contributed by atoms with Crippen LogP contribution in [0.4, 0.5) is 0 Å². The summed E-state index contributed by atoms with van der Waals surface area (Å²) in [6, 6.07) is 6.61. The maximum atomic E-state index is 11.5. The van der Waals surface area contributed by atoms with E-state index in [9.17, 15) is 4.79 Å². The Morgan fingerprint density at radius 1 is 1.21 bits per heavy atom. The third-order valence-corrected chi connectivity index (χ3v) is 3.78. The number of hydrogen-bond donors (Lipinski definition) is 0. The first kappa shape index (κ1) is 13.9. The first-order chi connectivity index (χ1) is 9.11. The zero-order chi connectivity index (χ0) is 13.8. The number of carbonyl (C=O) groups is 1. The van der Waals surface area contributed by atoms with Gasteiger partial charge in [-0.3, -0.25) is 0 Å². The molecule has 0 atom stereocenters. The van der Waals surface area contributed by atoms with E-state index in [1.54, 1.807) is 6.08 Å². The summed E-state index contributed by atoms with van der Waals surface area (Å²) in [5, 5.41) is 0. The molecule has 0 bridgehead atoms. The predicted octanol–water partition coefficient (Wildman–Crippen LogP) is 3.78. The van der Waals surface area contributed by atoms with Gasteiger partial charge in [0.25, 0.3) is 0 Å². The largest absolute Gasteiger partial charge is 0.466 e. The summed E-state index contributed by atoms with van der Waals surface area (Å²) >= 11 is 0. The third kappa shape index (κ3) is 3.25. The normalized spacial score (nSPS) is 15.3. The van der Waals surface area contributed by atoms with Crippen LogP contribution in [-0.2, 0) is 22.4 Å². The Hall–Kier alpha value is -1.57. The summed E-state index contributed by atoms with van der Waals surface area (Å²) in [7, 11) is 1.42. The van der Waals surface area contributed by atoms with Crippen molar-refractivity contribution in [3.63, 3.8) is 0 Å². The SMILES string of the molecule is COC(=O)/C=C(\c1ccc2c(c1)CCCC2)C(C)C. The Kier molecular flexibility index (Phi) is 4.41. The van der Waals surface area contributed by atoms with E-state index in [1.807, 2.05) is 0 Å². The number of allylic oxidation sites excluding steroid dienone is 1. The molecule has 0 spiro atoms. The molecular formula is C17H22O2. The number of carbonyl (C=O) groups excluding carboxylic acids is 1. The molecule has 0 fully saturated rings. The molecular weight excluding hydrogens is 236 g/mol. The van der Waals surface area contributed by atoms with E-state index < -0.39 is 0 Å². The minimum absolute atomic E-state index is 0.276. The Morgan fingerprint density at radius 2 is 1.89 bits per heavy atom. The minimum atomic E-state index is -0.276. The number of benzene rings is 1. The van der Waals surface area contributed by atoms with Crippen LogP contribution in [-0.4, -0.2) is 13.1 Å². The molecule has 2 nitrogen and oxygen atoms in total. The zero-order valence-electron chi connectivity index (χ0n) is 12.0. The molecule has 1 aliphatic rings. The summed E-state index contributed by atoms with van der Waals surface area (Å²) < 4.78 is 4.75. The molecule has 19 heavy (non-hydrogen) atoms. The molecule has 0 aromatic heterocycles. The summed E-state index contributed by atoms with van der Waals surface area (Å²) in [5.74, 6) is 0.0298. The van der Waals surface area contributed by atoms with Gasteiger partial charge in [0, 0.05) is 6.08 Å². The average Bonchev–Trinajstić information content (AvgIpc) is 2.43. The van der Waals surface area contributed by atoms with Crippen molar-refractivity contribution in [3.8, 4) is 0 Å². The van der Waals surface area contributed by atoms with Gasteiger partial charge in [-0.25, -0.2) is 4.79 Å². The highest BCUT2D eigenvalue weighted by atomic mass is 16.5. The molecule has 2 rings (SSSR count). The molecule has 0 amide bonds. The average molecular weight is 258 g/mol. The molecule has 102 valence electrons. The lowest BCUT2D eigenvalue weighted by molar-refractivity contribution is -0.134. The number of hydrogen-bond acceptors (Lipinski definition) is 2. The molecule has 0 heterocycles. The van der Waals surface area contributed by atoms with E-state index in [1.165, 1.54) is 37.5 Å². The first-order valence-electron chi connectivity index (χ1n) is 7.03. The smallest absolute Gasteiger partial charge is 0.330 e. The molecule has 1 aromatic rings. The molecule has 0 saturated heterocycles. The Morgan fingerprint density at radius 3 is 2.53 bits per heavy atom. The highest BCUT2D eigenvalue weighted by Crippen LogP contribution is 2.28. The standard InChI is InChI=1S/C17H22O2/c1-12(2)16(11-17(18)19-3)15-9-8-13-6-4-5-7-14(13)10-15/h8-12H,4-7H2,1-3H3/b16-11-. The lowest BCUT2D eigenvalue weighted by Crippen LogP contribution is -2.05. The van der Waals surface area contributed by atoms with Gasteiger partial charge >= 0.3 is 5.97 Å². The van der Waals surface area contributed by atoms with Gasteiger partial charge in [0.2, 0.25) is 0 Å². The van der Waals surface area contributed by atoms with E-state index in [-0.39, 0.29) is 5.97 Å². The van der Waals surface area contributed by atoms with E-state index >= 15 is 0 Å². The van der Waals surface area contributed by atoms with Crippen LogP contribution in [0, 0.1) is 5.92 Å². The van der Waals surface area contributed by atoms with Gasteiger partial charge in [0.15, 0.2) is 0 Å². The Labute approximate surface area is 115 Å². The summed E-state index contributed by atoms with van der Waals surface area (Å²) in [4.78, 5) is 11.5. The van der Waals surface area contributed by atoms with Crippen LogP contribution >= 0.6 is 0 Å². The van der Waals surface area contributed by atoms with Crippen LogP contribution in [0.5, 0.6) is 0 Å². The van der Waals surface area contributed by atoms with Crippen molar-refractivity contribution in [3.05, 3.63) is 41.0 Å². The minimum Gasteiger partial charge on any atom is -0.466 e. The molecule has 0 aliphatic heterocycles. The number of rotatable bonds is 3. The fourth-order valence-corrected chi connectivity index (χ4v) is 2.68. The van der Waals surface area contributed by atoms with Crippen molar-refractivity contribution in [1.82, 2.24) is 0 Å². The Bertz CT molecular complexity index is 498. The lowest BCUT2D eigenvalue weighted by atomic mass is 9.87. The van der Waals surface area contributed by atoms with Crippen molar-refractivity contribution < 1.29 is 9.53 Å². The highest BCUT2D eigenvalue weighted by molar-refractivity contribution is 5.91. The topological polar surface area (TPSA) is 26.3 Å². The number of ether oxygens (including phenoxy) is 1. The van der Waals surface area contributed by atoms with E-state index in [0.717, 1.165) is 17.6 Å². The molecule has 2 heteroatoms. The summed E-state index contributed by atoms with van der Waals surface area (Å²) in [6.07, 6.45) is 6.53. The van der Waals surface area contributed by atoms with Crippen LogP contribution in [0.25, 0.3) is 5.57 Å². The van der Waals surface area contributed by atoms with E-state index in [4.69, 9.17) is 4.74 Å². The summed E-state index contributed by atoms with van der Waals surface area (Å²) in [5.41, 5.74) is 5.12.